The van der Waals surface area contributed by atoms with Crippen molar-refractivity contribution in [3.8, 4) is 0 Å². The van der Waals surface area contributed by atoms with Crippen molar-refractivity contribution >= 4 is 0 Å². The molecule has 0 aliphatic carbocycles. The van der Waals surface area contributed by atoms with Crippen LogP contribution in [0.4, 0.5) is 0 Å². The molecule has 0 bridgehead atoms. The lowest BCUT2D eigenvalue weighted by Gasteiger charge is -2.20. The molecule has 1 heterocycles. The van der Waals surface area contributed by atoms with Gasteiger partial charge >= 0.3 is 0 Å². The standard InChI is InChI=1S/C11H20N2O2/c1-13(7-10-3-6-15-9-10)8-11(12)4-5-14-2/h3,6,9,11H,4-5,7-8,12H2,1-2H3. The predicted molar refractivity (Wildman–Crippen MR) is 59.5 cm³/mol. The van der Waals surface area contributed by atoms with E-state index < -0.39 is 0 Å². The molecule has 0 aromatic carbocycles. The highest BCUT2D eigenvalue weighted by atomic mass is 16.5. The molecule has 0 aliphatic rings. The minimum Gasteiger partial charge on any atom is -0.472 e. The highest BCUT2D eigenvalue weighted by Gasteiger charge is 2.07. The molecular formula is C11H20N2O2. The highest BCUT2D eigenvalue weighted by Crippen LogP contribution is 2.04. The van der Waals surface area contributed by atoms with E-state index in [1.54, 1.807) is 19.6 Å². The molecule has 0 aliphatic heterocycles. The maximum Gasteiger partial charge on any atom is 0.0947 e. The molecule has 1 rings (SSSR count). The summed E-state index contributed by atoms with van der Waals surface area (Å²) in [4.78, 5) is 2.19. The van der Waals surface area contributed by atoms with Crippen molar-refractivity contribution in [2.75, 3.05) is 27.3 Å². The molecule has 0 radical (unpaired) electrons. The largest absolute Gasteiger partial charge is 0.472 e. The number of ether oxygens (including phenoxy) is 1. The van der Waals surface area contributed by atoms with Crippen molar-refractivity contribution in [3.63, 3.8) is 0 Å². The summed E-state index contributed by atoms with van der Waals surface area (Å²) >= 11 is 0. The van der Waals surface area contributed by atoms with Crippen LogP contribution >= 0.6 is 0 Å². The Bertz CT molecular complexity index is 249. The maximum absolute atomic E-state index is 5.94. The van der Waals surface area contributed by atoms with E-state index in [1.165, 1.54) is 5.56 Å². The number of furan rings is 1. The quantitative estimate of drug-likeness (QED) is 0.734. The molecule has 0 saturated carbocycles. The highest BCUT2D eigenvalue weighted by molar-refractivity contribution is 5.04. The molecule has 86 valence electrons. The van der Waals surface area contributed by atoms with Crippen LogP contribution < -0.4 is 5.73 Å². The number of hydrogen-bond acceptors (Lipinski definition) is 4. The van der Waals surface area contributed by atoms with Gasteiger partial charge in [-0.3, -0.25) is 0 Å². The topological polar surface area (TPSA) is 51.6 Å². The Hall–Kier alpha value is -0.840. The second-order valence-electron chi connectivity index (χ2n) is 3.87. The Labute approximate surface area is 91.0 Å². The Balaban J connectivity index is 2.20. The summed E-state index contributed by atoms with van der Waals surface area (Å²) in [5, 5.41) is 0. The van der Waals surface area contributed by atoms with Gasteiger partial charge < -0.3 is 19.8 Å². The van der Waals surface area contributed by atoms with Gasteiger partial charge in [-0.2, -0.15) is 0 Å². The molecule has 15 heavy (non-hydrogen) atoms. The van der Waals surface area contributed by atoms with E-state index in [0.717, 1.165) is 26.1 Å². The van der Waals surface area contributed by atoms with Crippen LogP contribution in [-0.2, 0) is 11.3 Å². The number of methoxy groups -OCH3 is 1. The smallest absolute Gasteiger partial charge is 0.0947 e. The molecular weight excluding hydrogens is 192 g/mol. The first-order valence-electron chi connectivity index (χ1n) is 5.16. The van der Waals surface area contributed by atoms with Crippen LogP contribution in [0.15, 0.2) is 23.0 Å². The second-order valence-corrected chi connectivity index (χ2v) is 3.87. The van der Waals surface area contributed by atoms with Gasteiger partial charge in [-0.1, -0.05) is 0 Å². The lowest BCUT2D eigenvalue weighted by molar-refractivity contribution is 0.179. The van der Waals surface area contributed by atoms with Gasteiger partial charge in [-0.15, -0.1) is 0 Å². The van der Waals surface area contributed by atoms with Gasteiger partial charge in [0.15, 0.2) is 0 Å². The van der Waals surface area contributed by atoms with Crippen LogP contribution in [0.3, 0.4) is 0 Å². The van der Waals surface area contributed by atoms with Crippen LogP contribution in [0.25, 0.3) is 0 Å². The third kappa shape index (κ3) is 4.97. The molecule has 0 amide bonds. The minimum absolute atomic E-state index is 0.168. The van der Waals surface area contributed by atoms with Gasteiger partial charge in [0.1, 0.15) is 0 Å². The lowest BCUT2D eigenvalue weighted by Crippen LogP contribution is -2.35. The van der Waals surface area contributed by atoms with Gasteiger partial charge in [-0.25, -0.2) is 0 Å². The first-order valence-corrected chi connectivity index (χ1v) is 5.16. The Morgan fingerprint density at radius 2 is 2.40 bits per heavy atom. The molecule has 1 aromatic rings. The van der Waals surface area contributed by atoms with E-state index in [2.05, 4.69) is 11.9 Å². The normalized spacial score (nSPS) is 13.3. The zero-order chi connectivity index (χ0) is 11.1. The van der Waals surface area contributed by atoms with Crippen molar-refractivity contribution in [3.05, 3.63) is 24.2 Å². The maximum atomic E-state index is 5.94. The minimum atomic E-state index is 0.168. The van der Waals surface area contributed by atoms with E-state index in [-0.39, 0.29) is 6.04 Å². The number of hydrogen-bond donors (Lipinski definition) is 1. The van der Waals surface area contributed by atoms with Gasteiger partial charge in [0.2, 0.25) is 0 Å². The Morgan fingerprint density at radius 3 is 3.00 bits per heavy atom. The summed E-state index contributed by atoms with van der Waals surface area (Å²) in [6.45, 7) is 2.46. The zero-order valence-corrected chi connectivity index (χ0v) is 9.48. The molecule has 0 saturated heterocycles. The lowest BCUT2D eigenvalue weighted by atomic mass is 10.2. The molecule has 1 unspecified atom stereocenters. The molecule has 4 heteroatoms. The summed E-state index contributed by atoms with van der Waals surface area (Å²) in [5.41, 5.74) is 7.12. The van der Waals surface area contributed by atoms with Crippen LogP contribution in [0.5, 0.6) is 0 Å². The number of nitrogens with two attached hydrogens (primary N) is 1. The van der Waals surface area contributed by atoms with E-state index in [9.17, 15) is 0 Å². The van der Waals surface area contributed by atoms with Gasteiger partial charge in [0.05, 0.1) is 12.5 Å². The van der Waals surface area contributed by atoms with E-state index in [4.69, 9.17) is 14.9 Å². The third-order valence-corrected chi connectivity index (χ3v) is 2.27. The molecule has 1 aromatic heterocycles. The van der Waals surface area contributed by atoms with Crippen LogP contribution in [0, 0.1) is 0 Å². The number of likely N-dealkylation sites (N-methyl/N-ethyl adjacent to an activating group) is 1. The average Bonchev–Trinajstić information content (AvgIpc) is 2.67. The first-order chi connectivity index (χ1) is 7.22. The van der Waals surface area contributed by atoms with Gasteiger partial charge in [0, 0.05) is 38.4 Å². The van der Waals surface area contributed by atoms with Crippen LogP contribution in [0.2, 0.25) is 0 Å². The van der Waals surface area contributed by atoms with Crippen LogP contribution in [-0.4, -0.2) is 38.3 Å². The third-order valence-electron chi connectivity index (χ3n) is 2.27. The predicted octanol–water partition coefficient (Wildman–Crippen LogP) is 1.08. The molecule has 0 spiro atoms. The van der Waals surface area contributed by atoms with Gasteiger partial charge in [-0.05, 0) is 19.5 Å². The van der Waals surface area contributed by atoms with E-state index in [1.807, 2.05) is 6.07 Å². The second kappa shape index (κ2) is 6.61. The fourth-order valence-electron chi connectivity index (χ4n) is 1.52. The fourth-order valence-corrected chi connectivity index (χ4v) is 1.52. The van der Waals surface area contributed by atoms with Crippen molar-refractivity contribution in [1.29, 1.82) is 0 Å². The summed E-state index contributed by atoms with van der Waals surface area (Å²) in [5.74, 6) is 0. The summed E-state index contributed by atoms with van der Waals surface area (Å²) in [7, 11) is 3.75. The summed E-state index contributed by atoms with van der Waals surface area (Å²) in [6, 6.07) is 2.14. The number of nitrogens with zero attached hydrogens (tertiary/aromatic N) is 1. The first kappa shape index (κ1) is 12.2. The Morgan fingerprint density at radius 1 is 1.60 bits per heavy atom. The van der Waals surface area contributed by atoms with Crippen molar-refractivity contribution < 1.29 is 9.15 Å². The molecule has 2 N–H and O–H groups in total. The van der Waals surface area contributed by atoms with Gasteiger partial charge in [0.25, 0.3) is 0 Å². The van der Waals surface area contributed by atoms with Crippen molar-refractivity contribution in [1.82, 2.24) is 4.90 Å². The molecule has 4 nitrogen and oxygen atoms in total. The molecule has 0 fully saturated rings. The molecule has 1 atom stereocenters. The Kier molecular flexibility index (Phi) is 5.39. The van der Waals surface area contributed by atoms with Crippen molar-refractivity contribution in [2.24, 2.45) is 5.73 Å². The SMILES string of the molecule is COCCC(N)CN(C)Cc1ccoc1. The zero-order valence-electron chi connectivity index (χ0n) is 9.48. The van der Waals surface area contributed by atoms with E-state index in [0.29, 0.717) is 0 Å². The van der Waals surface area contributed by atoms with E-state index >= 15 is 0 Å². The number of rotatable bonds is 7. The van der Waals surface area contributed by atoms with Crippen molar-refractivity contribution in [2.45, 2.75) is 19.0 Å². The summed E-state index contributed by atoms with van der Waals surface area (Å²) in [6.07, 6.45) is 4.34. The average molecular weight is 212 g/mol. The monoisotopic (exact) mass is 212 g/mol. The van der Waals surface area contributed by atoms with Crippen LogP contribution in [0.1, 0.15) is 12.0 Å². The summed E-state index contributed by atoms with van der Waals surface area (Å²) < 4.78 is 9.99. The fraction of sp³-hybridized carbons (Fsp3) is 0.636.